The lowest BCUT2D eigenvalue weighted by atomic mass is 10.2. The Morgan fingerprint density at radius 2 is 1.85 bits per heavy atom. The van der Waals surface area contributed by atoms with Gasteiger partial charge in [0.05, 0.1) is 4.90 Å². The van der Waals surface area contributed by atoms with E-state index in [-0.39, 0.29) is 5.25 Å². The molecule has 0 saturated carbocycles. The van der Waals surface area contributed by atoms with Gasteiger partial charge in [0.2, 0.25) is 10.0 Å². The van der Waals surface area contributed by atoms with E-state index < -0.39 is 10.0 Å². The molecule has 6 heteroatoms. The van der Waals surface area contributed by atoms with Crippen LogP contribution < -0.4 is 10.0 Å². The largest absolute Gasteiger partial charge is 0.310 e. The highest BCUT2D eigenvalue weighted by atomic mass is 32.2. The lowest BCUT2D eigenvalue weighted by Crippen LogP contribution is -2.31. The Balaban J connectivity index is 2.88. The minimum absolute atomic E-state index is 0.255. The molecular weight excluding hydrogens is 292 g/mol. The van der Waals surface area contributed by atoms with Crippen molar-refractivity contribution in [1.29, 1.82) is 0 Å². The minimum atomic E-state index is -3.45. The van der Waals surface area contributed by atoms with Crippen LogP contribution in [0.5, 0.6) is 0 Å². The smallest absolute Gasteiger partial charge is 0.240 e. The maximum absolute atomic E-state index is 12.4. The van der Waals surface area contributed by atoms with E-state index in [0.29, 0.717) is 24.0 Å². The van der Waals surface area contributed by atoms with E-state index >= 15 is 0 Å². The van der Waals surface area contributed by atoms with Gasteiger partial charge in [0.15, 0.2) is 0 Å². The molecule has 0 spiro atoms. The molecule has 1 aromatic rings. The third-order valence-corrected chi connectivity index (χ3v) is 5.42. The van der Waals surface area contributed by atoms with Crippen LogP contribution in [0.3, 0.4) is 0 Å². The van der Waals surface area contributed by atoms with Crippen LogP contribution in [0.4, 0.5) is 0 Å². The monoisotopic (exact) mass is 316 g/mol. The highest BCUT2D eigenvalue weighted by molar-refractivity contribution is 7.99. The van der Waals surface area contributed by atoms with Gasteiger partial charge in [-0.05, 0) is 17.9 Å². The minimum Gasteiger partial charge on any atom is -0.310 e. The van der Waals surface area contributed by atoms with Crippen LogP contribution in [0, 0.1) is 0 Å². The van der Waals surface area contributed by atoms with Crippen LogP contribution in [0.25, 0.3) is 0 Å². The molecule has 0 aliphatic heterocycles. The average molecular weight is 316 g/mol. The van der Waals surface area contributed by atoms with Gasteiger partial charge in [0.25, 0.3) is 0 Å². The van der Waals surface area contributed by atoms with Crippen molar-refractivity contribution in [1.82, 2.24) is 10.0 Å². The summed E-state index contributed by atoms with van der Waals surface area (Å²) in [6, 6.07) is 7.44. The highest BCUT2D eigenvalue weighted by Crippen LogP contribution is 2.16. The fraction of sp³-hybridized carbons (Fsp3) is 0.571. The number of hydrogen-bond donors (Lipinski definition) is 2. The summed E-state index contributed by atoms with van der Waals surface area (Å²) in [6.07, 6.45) is 1.97. The van der Waals surface area contributed by atoms with E-state index in [9.17, 15) is 8.42 Å². The maximum atomic E-state index is 12.4. The molecule has 1 aromatic carbocycles. The van der Waals surface area contributed by atoms with Gasteiger partial charge in [0, 0.05) is 24.4 Å². The van der Waals surface area contributed by atoms with Crippen molar-refractivity contribution in [2.45, 2.75) is 43.5 Å². The van der Waals surface area contributed by atoms with E-state index in [4.69, 9.17) is 0 Å². The SMILES string of the molecule is CSC(C)CNS(=O)(=O)c1ccccc1CNC(C)C. The second kappa shape index (κ2) is 8.02. The number of thioether (sulfide) groups is 1. The first kappa shape index (κ1) is 17.5. The van der Waals surface area contributed by atoms with E-state index in [2.05, 4.69) is 10.0 Å². The lowest BCUT2D eigenvalue weighted by molar-refractivity contribution is 0.568. The first-order valence-electron chi connectivity index (χ1n) is 6.70. The van der Waals surface area contributed by atoms with Crippen molar-refractivity contribution in [2.75, 3.05) is 12.8 Å². The fourth-order valence-electron chi connectivity index (χ4n) is 1.61. The van der Waals surface area contributed by atoms with Gasteiger partial charge in [0.1, 0.15) is 0 Å². The third kappa shape index (κ3) is 5.44. The predicted molar refractivity (Wildman–Crippen MR) is 86.6 cm³/mol. The fourth-order valence-corrected chi connectivity index (χ4v) is 3.34. The van der Waals surface area contributed by atoms with Gasteiger partial charge in [-0.25, -0.2) is 13.1 Å². The predicted octanol–water partition coefficient (Wildman–Crippen LogP) is 2.21. The average Bonchev–Trinajstić information content (AvgIpc) is 2.42. The van der Waals surface area contributed by atoms with Crippen LogP contribution in [-0.4, -0.2) is 32.5 Å². The van der Waals surface area contributed by atoms with Crippen LogP contribution in [0.1, 0.15) is 26.3 Å². The molecule has 0 aromatic heterocycles. The Bertz CT molecular complexity index is 516. The molecule has 0 fully saturated rings. The molecule has 0 aliphatic rings. The summed E-state index contributed by atoms with van der Waals surface area (Å²) in [5.41, 5.74) is 0.797. The molecule has 1 atom stereocenters. The van der Waals surface area contributed by atoms with Crippen molar-refractivity contribution in [2.24, 2.45) is 0 Å². The zero-order chi connectivity index (χ0) is 15.2. The normalized spacial score (nSPS) is 13.7. The Kier molecular flexibility index (Phi) is 7.02. The molecule has 1 rings (SSSR count). The molecule has 114 valence electrons. The molecule has 1 unspecified atom stereocenters. The zero-order valence-corrected chi connectivity index (χ0v) is 14.1. The number of benzene rings is 1. The summed E-state index contributed by atoms with van der Waals surface area (Å²) < 4.78 is 27.4. The topological polar surface area (TPSA) is 58.2 Å². The molecule has 2 N–H and O–H groups in total. The Morgan fingerprint density at radius 3 is 2.45 bits per heavy atom. The molecule has 0 saturated heterocycles. The summed E-state index contributed by atoms with van der Waals surface area (Å²) in [7, 11) is -3.45. The second-order valence-electron chi connectivity index (χ2n) is 5.04. The molecule has 0 aliphatic carbocycles. The summed E-state index contributed by atoms with van der Waals surface area (Å²) in [4.78, 5) is 0.362. The van der Waals surface area contributed by atoms with Crippen molar-refractivity contribution in [3.63, 3.8) is 0 Å². The first-order valence-corrected chi connectivity index (χ1v) is 9.47. The first-order chi connectivity index (χ1) is 9.36. The zero-order valence-electron chi connectivity index (χ0n) is 12.5. The van der Waals surface area contributed by atoms with Crippen molar-refractivity contribution in [3.8, 4) is 0 Å². The van der Waals surface area contributed by atoms with Crippen molar-refractivity contribution < 1.29 is 8.42 Å². The van der Waals surface area contributed by atoms with E-state index in [1.165, 1.54) is 0 Å². The Hall–Kier alpha value is -0.560. The third-order valence-electron chi connectivity index (χ3n) is 2.93. The molecule has 4 nitrogen and oxygen atoms in total. The van der Waals surface area contributed by atoms with Crippen molar-refractivity contribution in [3.05, 3.63) is 29.8 Å². The van der Waals surface area contributed by atoms with Crippen LogP contribution in [0.2, 0.25) is 0 Å². The molecule has 0 bridgehead atoms. The molecule has 20 heavy (non-hydrogen) atoms. The summed E-state index contributed by atoms with van der Waals surface area (Å²) >= 11 is 1.64. The second-order valence-corrected chi connectivity index (χ2v) is 8.05. The van der Waals surface area contributed by atoms with Crippen LogP contribution in [-0.2, 0) is 16.6 Å². The Labute approximate surface area is 126 Å². The van der Waals surface area contributed by atoms with E-state index in [1.54, 1.807) is 23.9 Å². The van der Waals surface area contributed by atoms with Gasteiger partial charge in [-0.15, -0.1) is 0 Å². The van der Waals surface area contributed by atoms with Gasteiger partial charge in [-0.2, -0.15) is 11.8 Å². The van der Waals surface area contributed by atoms with Gasteiger partial charge in [-0.3, -0.25) is 0 Å². The van der Waals surface area contributed by atoms with Gasteiger partial charge >= 0.3 is 0 Å². The lowest BCUT2D eigenvalue weighted by Gasteiger charge is -2.15. The summed E-state index contributed by atoms with van der Waals surface area (Å²) in [5, 5.41) is 3.51. The molecule has 0 radical (unpaired) electrons. The summed E-state index contributed by atoms with van der Waals surface area (Å²) in [5.74, 6) is 0. The molecular formula is C14H24N2O2S2. The number of nitrogens with one attached hydrogen (secondary N) is 2. The van der Waals surface area contributed by atoms with E-state index in [1.807, 2.05) is 39.2 Å². The highest BCUT2D eigenvalue weighted by Gasteiger charge is 2.18. The quantitative estimate of drug-likeness (QED) is 0.772. The number of sulfonamides is 1. The number of hydrogen-bond acceptors (Lipinski definition) is 4. The molecule has 0 amide bonds. The Morgan fingerprint density at radius 1 is 1.20 bits per heavy atom. The van der Waals surface area contributed by atoms with Crippen LogP contribution in [0.15, 0.2) is 29.2 Å². The summed E-state index contributed by atoms with van der Waals surface area (Å²) in [6.45, 7) is 7.06. The number of rotatable bonds is 8. The molecule has 0 heterocycles. The van der Waals surface area contributed by atoms with Gasteiger partial charge in [-0.1, -0.05) is 39.0 Å². The maximum Gasteiger partial charge on any atom is 0.240 e. The van der Waals surface area contributed by atoms with Gasteiger partial charge < -0.3 is 5.32 Å². The standard InChI is InChI=1S/C14H24N2O2S2/c1-11(2)15-10-13-7-5-6-8-14(13)20(17,18)16-9-12(3)19-4/h5-8,11-12,15-16H,9-10H2,1-4H3. The van der Waals surface area contributed by atoms with Crippen LogP contribution >= 0.6 is 11.8 Å². The van der Waals surface area contributed by atoms with E-state index in [0.717, 1.165) is 5.56 Å². The van der Waals surface area contributed by atoms with Crippen molar-refractivity contribution >= 4 is 21.8 Å².